The topological polar surface area (TPSA) is 0 Å². The standard InChI is InChI=1S/C16H26Si/c1-14(2)13-15(3)11-12-17(4,5)16-9-7-6-8-10-16/h6-12,14-15H,13H2,1-5H3/b12-11+. The normalized spacial score (nSPS) is 14.5. The van der Waals surface area contributed by atoms with E-state index in [-0.39, 0.29) is 0 Å². The van der Waals surface area contributed by atoms with E-state index >= 15 is 0 Å². The molecule has 0 aliphatic carbocycles. The van der Waals surface area contributed by atoms with Gasteiger partial charge in [0.05, 0.1) is 0 Å². The summed E-state index contributed by atoms with van der Waals surface area (Å²) in [5.74, 6) is 1.49. The van der Waals surface area contributed by atoms with Crippen LogP contribution in [0.25, 0.3) is 0 Å². The third-order valence-electron chi connectivity index (χ3n) is 3.20. The Kier molecular flexibility index (Phi) is 5.19. The highest BCUT2D eigenvalue weighted by molar-refractivity contribution is 6.93. The lowest BCUT2D eigenvalue weighted by Crippen LogP contribution is -2.39. The highest BCUT2D eigenvalue weighted by Gasteiger charge is 2.19. The molecular formula is C16H26Si. The third-order valence-corrected chi connectivity index (χ3v) is 6.05. The molecule has 17 heavy (non-hydrogen) atoms. The van der Waals surface area contributed by atoms with Crippen LogP contribution in [-0.2, 0) is 0 Å². The van der Waals surface area contributed by atoms with Crippen molar-refractivity contribution < 1.29 is 0 Å². The fourth-order valence-corrected chi connectivity index (χ4v) is 4.24. The minimum Gasteiger partial charge on any atom is -0.0940 e. The Morgan fingerprint density at radius 2 is 1.65 bits per heavy atom. The Morgan fingerprint density at radius 1 is 1.06 bits per heavy atom. The van der Waals surface area contributed by atoms with Gasteiger partial charge in [-0.25, -0.2) is 0 Å². The molecule has 0 radical (unpaired) electrons. The summed E-state index contributed by atoms with van der Waals surface area (Å²) >= 11 is 0. The quantitative estimate of drug-likeness (QED) is 0.676. The Labute approximate surface area is 108 Å². The van der Waals surface area contributed by atoms with Crippen LogP contribution < -0.4 is 5.19 Å². The summed E-state index contributed by atoms with van der Waals surface area (Å²) in [4.78, 5) is 0. The Balaban J connectivity index is 2.69. The van der Waals surface area contributed by atoms with Gasteiger partial charge in [-0.1, -0.05) is 81.2 Å². The summed E-state index contributed by atoms with van der Waals surface area (Å²) in [6, 6.07) is 10.9. The Hall–Kier alpha value is -0.823. The predicted octanol–water partition coefficient (Wildman–Crippen LogP) is 4.38. The molecule has 1 rings (SSSR count). The second kappa shape index (κ2) is 6.20. The number of hydrogen-bond donors (Lipinski definition) is 0. The van der Waals surface area contributed by atoms with Crippen LogP contribution >= 0.6 is 0 Å². The number of hydrogen-bond acceptors (Lipinski definition) is 0. The zero-order chi connectivity index (χ0) is 12.9. The first kappa shape index (κ1) is 14.2. The van der Waals surface area contributed by atoms with Gasteiger partial charge < -0.3 is 0 Å². The zero-order valence-corrected chi connectivity index (χ0v) is 12.9. The van der Waals surface area contributed by atoms with Gasteiger partial charge in [0, 0.05) is 0 Å². The smallest absolute Gasteiger partial charge is 0.0940 e. The molecule has 1 aromatic rings. The fourth-order valence-electron chi connectivity index (χ4n) is 2.19. The molecular weight excluding hydrogens is 220 g/mol. The lowest BCUT2D eigenvalue weighted by Gasteiger charge is -2.19. The van der Waals surface area contributed by atoms with Gasteiger partial charge in [-0.2, -0.15) is 0 Å². The van der Waals surface area contributed by atoms with Crippen LogP contribution in [0, 0.1) is 11.8 Å². The van der Waals surface area contributed by atoms with Crippen molar-refractivity contribution in [2.75, 3.05) is 0 Å². The van der Waals surface area contributed by atoms with Gasteiger partial charge >= 0.3 is 0 Å². The molecule has 0 aromatic heterocycles. The van der Waals surface area contributed by atoms with Crippen molar-refractivity contribution >= 4 is 13.3 Å². The number of rotatable bonds is 5. The summed E-state index contributed by atoms with van der Waals surface area (Å²) in [6.45, 7) is 11.8. The third kappa shape index (κ3) is 4.91. The molecule has 0 nitrogen and oxygen atoms in total. The second-order valence-corrected chi connectivity index (χ2v) is 10.4. The molecule has 0 bridgehead atoms. The summed E-state index contributed by atoms with van der Waals surface area (Å²) in [5, 5.41) is 1.52. The highest BCUT2D eigenvalue weighted by atomic mass is 28.3. The average molecular weight is 246 g/mol. The Morgan fingerprint density at radius 3 is 2.18 bits per heavy atom. The van der Waals surface area contributed by atoms with Crippen LogP contribution in [0.5, 0.6) is 0 Å². The Bertz CT molecular complexity index is 349. The summed E-state index contributed by atoms with van der Waals surface area (Å²) < 4.78 is 0. The summed E-state index contributed by atoms with van der Waals surface area (Å²) in [6.07, 6.45) is 3.72. The first-order valence-corrected chi connectivity index (χ1v) is 9.74. The SMILES string of the molecule is CC(C)CC(C)/C=C/[Si](C)(C)c1ccccc1. The van der Waals surface area contributed by atoms with E-state index in [2.05, 4.69) is 76.0 Å². The first-order chi connectivity index (χ1) is 7.92. The molecule has 0 N–H and O–H groups in total. The molecule has 1 heteroatoms. The van der Waals surface area contributed by atoms with Crippen molar-refractivity contribution in [3.63, 3.8) is 0 Å². The largest absolute Gasteiger partial charge is 0.103 e. The van der Waals surface area contributed by atoms with E-state index < -0.39 is 8.07 Å². The van der Waals surface area contributed by atoms with Crippen LogP contribution in [-0.4, -0.2) is 8.07 Å². The minimum absolute atomic E-state index is 0.700. The molecule has 0 amide bonds. The van der Waals surface area contributed by atoms with Crippen molar-refractivity contribution in [3.8, 4) is 0 Å². The van der Waals surface area contributed by atoms with Crippen molar-refractivity contribution in [1.82, 2.24) is 0 Å². The number of benzene rings is 1. The molecule has 0 saturated heterocycles. The second-order valence-electron chi connectivity index (χ2n) is 6.05. The van der Waals surface area contributed by atoms with E-state index in [4.69, 9.17) is 0 Å². The molecule has 1 aromatic carbocycles. The average Bonchev–Trinajstić information content (AvgIpc) is 2.27. The zero-order valence-electron chi connectivity index (χ0n) is 11.9. The van der Waals surface area contributed by atoms with Gasteiger partial charge in [0.1, 0.15) is 8.07 Å². The van der Waals surface area contributed by atoms with Crippen LogP contribution in [0.2, 0.25) is 13.1 Å². The van der Waals surface area contributed by atoms with Crippen molar-refractivity contribution in [3.05, 3.63) is 42.1 Å². The van der Waals surface area contributed by atoms with Gasteiger partial charge in [0.25, 0.3) is 0 Å². The van der Waals surface area contributed by atoms with E-state index in [9.17, 15) is 0 Å². The van der Waals surface area contributed by atoms with E-state index in [0.717, 1.165) is 5.92 Å². The van der Waals surface area contributed by atoms with Crippen LogP contribution in [0.15, 0.2) is 42.1 Å². The first-order valence-electron chi connectivity index (χ1n) is 6.66. The van der Waals surface area contributed by atoms with Gasteiger partial charge in [0.2, 0.25) is 0 Å². The monoisotopic (exact) mass is 246 g/mol. The highest BCUT2D eigenvalue weighted by Crippen LogP contribution is 2.14. The maximum atomic E-state index is 2.50. The summed E-state index contributed by atoms with van der Waals surface area (Å²) in [5.41, 5.74) is 2.50. The summed E-state index contributed by atoms with van der Waals surface area (Å²) in [7, 11) is -1.37. The molecule has 1 atom stereocenters. The van der Waals surface area contributed by atoms with Gasteiger partial charge in [-0.15, -0.1) is 0 Å². The molecule has 0 aliphatic heterocycles. The van der Waals surface area contributed by atoms with Crippen LogP contribution in [0.1, 0.15) is 27.2 Å². The van der Waals surface area contributed by atoms with Crippen LogP contribution in [0.3, 0.4) is 0 Å². The van der Waals surface area contributed by atoms with Gasteiger partial charge in [0.15, 0.2) is 0 Å². The maximum absolute atomic E-state index is 2.50. The fraction of sp³-hybridized carbons (Fsp3) is 0.500. The van der Waals surface area contributed by atoms with E-state index in [0.29, 0.717) is 5.92 Å². The van der Waals surface area contributed by atoms with E-state index in [1.54, 1.807) is 0 Å². The molecule has 1 unspecified atom stereocenters. The lowest BCUT2D eigenvalue weighted by molar-refractivity contribution is 0.503. The molecule has 0 heterocycles. The van der Waals surface area contributed by atoms with Crippen LogP contribution in [0.4, 0.5) is 0 Å². The van der Waals surface area contributed by atoms with Crippen molar-refractivity contribution in [2.24, 2.45) is 11.8 Å². The molecule has 0 spiro atoms. The van der Waals surface area contributed by atoms with Crippen molar-refractivity contribution in [1.29, 1.82) is 0 Å². The predicted molar refractivity (Wildman–Crippen MR) is 81.3 cm³/mol. The molecule has 0 saturated carbocycles. The minimum atomic E-state index is -1.37. The number of allylic oxidation sites excluding steroid dienone is 1. The van der Waals surface area contributed by atoms with E-state index in [1.807, 2.05) is 0 Å². The maximum Gasteiger partial charge on any atom is 0.103 e. The molecule has 0 aliphatic rings. The van der Waals surface area contributed by atoms with E-state index in [1.165, 1.54) is 11.6 Å². The lowest BCUT2D eigenvalue weighted by atomic mass is 9.99. The van der Waals surface area contributed by atoms with Gasteiger partial charge in [-0.05, 0) is 18.3 Å². The van der Waals surface area contributed by atoms with Crippen molar-refractivity contribution in [2.45, 2.75) is 40.3 Å². The molecule has 0 fully saturated rings. The van der Waals surface area contributed by atoms with Gasteiger partial charge in [-0.3, -0.25) is 0 Å². The molecule has 94 valence electrons.